The fraction of sp³-hybridized carbons (Fsp3) is 1.00. The Morgan fingerprint density at radius 3 is 2.69 bits per heavy atom. The number of likely N-dealkylation sites (tertiary alicyclic amines) is 1. The van der Waals surface area contributed by atoms with Crippen molar-refractivity contribution in [3.8, 4) is 0 Å². The topological polar surface area (TPSA) is 41.9 Å². The highest BCUT2D eigenvalue weighted by atomic mass is 16.7. The first-order valence-corrected chi connectivity index (χ1v) is 4.85. The molecule has 2 saturated heterocycles. The molecule has 0 saturated carbocycles. The van der Waals surface area contributed by atoms with E-state index in [1.807, 2.05) is 0 Å². The third-order valence-electron chi connectivity index (χ3n) is 2.87. The Morgan fingerprint density at radius 1 is 1.46 bits per heavy atom. The third kappa shape index (κ3) is 1.86. The van der Waals surface area contributed by atoms with Crippen LogP contribution in [-0.4, -0.2) is 55.2 Å². The fourth-order valence-corrected chi connectivity index (χ4v) is 1.93. The Kier molecular flexibility index (Phi) is 2.55. The lowest BCUT2D eigenvalue weighted by Gasteiger charge is -2.36. The van der Waals surface area contributed by atoms with Gasteiger partial charge in [0.25, 0.3) is 0 Å². The van der Waals surface area contributed by atoms with Crippen LogP contribution >= 0.6 is 0 Å². The minimum absolute atomic E-state index is 0.0671. The van der Waals surface area contributed by atoms with Gasteiger partial charge in [0, 0.05) is 25.9 Å². The highest BCUT2D eigenvalue weighted by molar-refractivity contribution is 4.84. The molecule has 0 aromatic rings. The quantitative estimate of drug-likeness (QED) is 0.618. The number of hydrogen-bond acceptors (Lipinski definition) is 4. The number of piperidine rings is 1. The summed E-state index contributed by atoms with van der Waals surface area (Å²) in [6.45, 7) is 2.63. The lowest BCUT2D eigenvalue weighted by molar-refractivity contribution is -0.195. The first kappa shape index (κ1) is 9.40. The normalized spacial score (nSPS) is 34.2. The summed E-state index contributed by atoms with van der Waals surface area (Å²) in [5.74, 6) is -0.375. The van der Waals surface area contributed by atoms with Gasteiger partial charge in [0.05, 0.1) is 13.2 Å². The molecule has 1 atom stereocenters. The van der Waals surface area contributed by atoms with Crippen molar-refractivity contribution in [3.05, 3.63) is 0 Å². The van der Waals surface area contributed by atoms with Crippen molar-refractivity contribution in [1.29, 1.82) is 0 Å². The second-order valence-corrected chi connectivity index (χ2v) is 3.95. The van der Waals surface area contributed by atoms with E-state index in [-0.39, 0.29) is 18.5 Å². The molecule has 2 heterocycles. The molecule has 76 valence electrons. The Balaban J connectivity index is 1.92. The zero-order valence-electron chi connectivity index (χ0n) is 8.03. The summed E-state index contributed by atoms with van der Waals surface area (Å²) in [6, 6.07) is 0. The molecule has 0 aliphatic carbocycles. The SMILES string of the molecule is CN1CCC2(CC1)OCC(CO)O2. The van der Waals surface area contributed by atoms with E-state index in [0.29, 0.717) is 6.61 Å². The molecule has 13 heavy (non-hydrogen) atoms. The Hall–Kier alpha value is -0.160. The monoisotopic (exact) mass is 187 g/mol. The van der Waals surface area contributed by atoms with E-state index >= 15 is 0 Å². The standard InChI is InChI=1S/C9H17NO3/c1-10-4-2-9(3-5-10)12-7-8(6-11)13-9/h8,11H,2-7H2,1H3. The minimum atomic E-state index is -0.375. The van der Waals surface area contributed by atoms with Crippen molar-refractivity contribution < 1.29 is 14.6 Å². The van der Waals surface area contributed by atoms with E-state index in [1.165, 1.54) is 0 Å². The van der Waals surface area contributed by atoms with Crippen LogP contribution in [0.5, 0.6) is 0 Å². The largest absolute Gasteiger partial charge is 0.394 e. The minimum Gasteiger partial charge on any atom is -0.394 e. The summed E-state index contributed by atoms with van der Waals surface area (Å²) in [5, 5.41) is 8.92. The van der Waals surface area contributed by atoms with Crippen LogP contribution in [-0.2, 0) is 9.47 Å². The zero-order chi connectivity index (χ0) is 9.31. The molecule has 4 nitrogen and oxygen atoms in total. The van der Waals surface area contributed by atoms with E-state index in [2.05, 4.69) is 11.9 Å². The number of aliphatic hydroxyl groups is 1. The Bertz CT molecular complexity index is 178. The van der Waals surface area contributed by atoms with Crippen molar-refractivity contribution in [1.82, 2.24) is 4.90 Å². The van der Waals surface area contributed by atoms with Crippen LogP contribution in [0.1, 0.15) is 12.8 Å². The summed E-state index contributed by atoms with van der Waals surface area (Å²) >= 11 is 0. The smallest absolute Gasteiger partial charge is 0.171 e. The maximum Gasteiger partial charge on any atom is 0.171 e. The second-order valence-electron chi connectivity index (χ2n) is 3.95. The molecule has 0 bridgehead atoms. The molecule has 1 unspecified atom stereocenters. The van der Waals surface area contributed by atoms with Crippen molar-refractivity contribution in [3.63, 3.8) is 0 Å². The van der Waals surface area contributed by atoms with Gasteiger partial charge in [-0.3, -0.25) is 0 Å². The van der Waals surface area contributed by atoms with Gasteiger partial charge in [-0.25, -0.2) is 0 Å². The summed E-state index contributed by atoms with van der Waals surface area (Å²) in [5.41, 5.74) is 0. The predicted octanol–water partition coefficient (Wildman–Crippen LogP) is -0.184. The van der Waals surface area contributed by atoms with Crippen LogP contribution in [0.25, 0.3) is 0 Å². The van der Waals surface area contributed by atoms with Crippen LogP contribution in [0.3, 0.4) is 0 Å². The van der Waals surface area contributed by atoms with Gasteiger partial charge >= 0.3 is 0 Å². The highest BCUT2D eigenvalue weighted by Crippen LogP contribution is 2.33. The number of rotatable bonds is 1. The molecule has 1 spiro atoms. The van der Waals surface area contributed by atoms with Gasteiger partial charge in [-0.15, -0.1) is 0 Å². The van der Waals surface area contributed by atoms with Gasteiger partial charge < -0.3 is 19.5 Å². The summed E-state index contributed by atoms with van der Waals surface area (Å²) in [6.07, 6.45) is 1.73. The van der Waals surface area contributed by atoms with Gasteiger partial charge in [-0.2, -0.15) is 0 Å². The van der Waals surface area contributed by atoms with Crippen molar-refractivity contribution in [2.75, 3.05) is 33.4 Å². The molecule has 0 amide bonds. The Labute approximate surface area is 78.4 Å². The molecule has 2 fully saturated rings. The third-order valence-corrected chi connectivity index (χ3v) is 2.87. The maximum atomic E-state index is 8.92. The molecule has 0 aromatic carbocycles. The average molecular weight is 187 g/mol. The Morgan fingerprint density at radius 2 is 2.15 bits per heavy atom. The van der Waals surface area contributed by atoms with E-state index in [1.54, 1.807) is 0 Å². The van der Waals surface area contributed by atoms with Crippen LogP contribution in [0, 0.1) is 0 Å². The van der Waals surface area contributed by atoms with E-state index < -0.39 is 0 Å². The first-order chi connectivity index (χ1) is 6.24. The maximum absolute atomic E-state index is 8.92. The predicted molar refractivity (Wildman–Crippen MR) is 47.4 cm³/mol. The molecule has 1 N–H and O–H groups in total. The highest BCUT2D eigenvalue weighted by Gasteiger charge is 2.42. The van der Waals surface area contributed by atoms with Crippen LogP contribution < -0.4 is 0 Å². The molecule has 2 rings (SSSR count). The molecule has 2 aliphatic heterocycles. The van der Waals surface area contributed by atoms with Gasteiger partial charge in [-0.1, -0.05) is 0 Å². The second kappa shape index (κ2) is 3.53. The average Bonchev–Trinajstić information content (AvgIpc) is 2.55. The number of ether oxygens (including phenoxy) is 2. The van der Waals surface area contributed by atoms with Gasteiger partial charge in [0.1, 0.15) is 6.10 Å². The van der Waals surface area contributed by atoms with Crippen LogP contribution in [0.15, 0.2) is 0 Å². The molecular formula is C9H17NO3. The van der Waals surface area contributed by atoms with Crippen molar-refractivity contribution in [2.45, 2.75) is 24.7 Å². The van der Waals surface area contributed by atoms with Crippen LogP contribution in [0.2, 0.25) is 0 Å². The number of aliphatic hydroxyl groups excluding tert-OH is 1. The molecule has 0 aromatic heterocycles. The fourth-order valence-electron chi connectivity index (χ4n) is 1.93. The summed E-state index contributed by atoms with van der Waals surface area (Å²) in [7, 11) is 2.10. The van der Waals surface area contributed by atoms with Gasteiger partial charge in [0.15, 0.2) is 5.79 Å². The molecule has 2 aliphatic rings. The summed E-state index contributed by atoms with van der Waals surface area (Å²) in [4.78, 5) is 2.27. The van der Waals surface area contributed by atoms with Gasteiger partial charge in [-0.05, 0) is 7.05 Å². The van der Waals surface area contributed by atoms with Gasteiger partial charge in [0.2, 0.25) is 0 Å². The van der Waals surface area contributed by atoms with E-state index in [4.69, 9.17) is 14.6 Å². The molecule has 0 radical (unpaired) electrons. The summed E-state index contributed by atoms with van der Waals surface area (Å²) < 4.78 is 11.3. The van der Waals surface area contributed by atoms with Crippen molar-refractivity contribution >= 4 is 0 Å². The number of hydrogen-bond donors (Lipinski definition) is 1. The van der Waals surface area contributed by atoms with Crippen molar-refractivity contribution in [2.24, 2.45) is 0 Å². The number of nitrogens with zero attached hydrogens (tertiary/aromatic N) is 1. The van der Waals surface area contributed by atoms with Crippen LogP contribution in [0.4, 0.5) is 0 Å². The molecule has 4 heteroatoms. The zero-order valence-corrected chi connectivity index (χ0v) is 8.03. The molecular weight excluding hydrogens is 170 g/mol. The first-order valence-electron chi connectivity index (χ1n) is 4.85. The van der Waals surface area contributed by atoms with E-state index in [0.717, 1.165) is 25.9 Å². The lowest BCUT2D eigenvalue weighted by atomic mass is 10.0. The lowest BCUT2D eigenvalue weighted by Crippen LogP contribution is -2.44. The van der Waals surface area contributed by atoms with E-state index in [9.17, 15) is 0 Å².